The molecule has 9 rings (SSSR count). The molecule has 0 radical (unpaired) electrons. The SMILES string of the molecule is O=P(O)(O)c1ccc2c(c1)-c1nc-2nc2[nH]c(nc3nc(nc4[nH]c(n1)c1ccc(P(=O)(O)O)cc41)-c1cc(P(=O)(O)O)ccc1-3)c1cc(P(=O)(O)O)ccc21. The van der Waals surface area contributed by atoms with Crippen molar-refractivity contribution in [3.05, 3.63) is 72.8 Å². The Labute approximate surface area is 310 Å². The van der Waals surface area contributed by atoms with Crippen LogP contribution < -0.4 is 21.2 Å². The zero-order chi connectivity index (χ0) is 39.7. The first-order valence-corrected chi connectivity index (χ1v) is 22.3. The summed E-state index contributed by atoms with van der Waals surface area (Å²) in [5, 5.41) is -0.502. The van der Waals surface area contributed by atoms with E-state index in [0.29, 0.717) is 10.9 Å². The van der Waals surface area contributed by atoms with Crippen molar-refractivity contribution in [1.29, 1.82) is 0 Å². The van der Waals surface area contributed by atoms with E-state index in [1.807, 2.05) is 0 Å². The second kappa shape index (κ2) is 12.2. The van der Waals surface area contributed by atoms with Crippen LogP contribution in [0.5, 0.6) is 0 Å². The van der Waals surface area contributed by atoms with Crippen LogP contribution in [0.3, 0.4) is 0 Å². The molecule has 0 spiro atoms. The molecule has 24 heteroatoms. The minimum atomic E-state index is -4.81. The van der Waals surface area contributed by atoms with Gasteiger partial charge in [0.05, 0.1) is 21.2 Å². The average molecular weight is 834 g/mol. The molecule has 0 unspecified atom stereocenters. The maximum atomic E-state index is 12.3. The lowest BCUT2D eigenvalue weighted by molar-refractivity contribution is 0.385. The Kier molecular flexibility index (Phi) is 7.93. The van der Waals surface area contributed by atoms with Crippen molar-refractivity contribution >= 4 is 95.7 Å². The van der Waals surface area contributed by atoms with E-state index in [1.165, 1.54) is 72.8 Å². The normalized spacial score (nSPS) is 13.3. The van der Waals surface area contributed by atoms with Gasteiger partial charge < -0.3 is 49.1 Å². The third-order valence-electron chi connectivity index (χ3n) is 9.11. The maximum Gasteiger partial charge on any atom is 0.356 e. The molecule has 20 nitrogen and oxygen atoms in total. The molecule has 7 aromatic rings. The first-order chi connectivity index (χ1) is 26.2. The smallest absolute Gasteiger partial charge is 0.324 e. The highest BCUT2D eigenvalue weighted by Crippen LogP contribution is 2.42. The molecule has 0 saturated heterocycles. The lowest BCUT2D eigenvalue weighted by atomic mass is 10.1. The van der Waals surface area contributed by atoms with Crippen molar-refractivity contribution in [2.24, 2.45) is 0 Å². The molecule has 8 bridgehead atoms. The van der Waals surface area contributed by atoms with E-state index in [0.717, 1.165) is 0 Å². The topological polar surface area (TPSA) is 339 Å². The van der Waals surface area contributed by atoms with Crippen LogP contribution >= 0.6 is 30.4 Å². The number of fused-ring (bicyclic) bond motifs is 20. The van der Waals surface area contributed by atoms with Gasteiger partial charge in [0, 0.05) is 43.8 Å². The van der Waals surface area contributed by atoms with Crippen LogP contribution in [0.1, 0.15) is 0 Å². The van der Waals surface area contributed by atoms with Crippen LogP contribution in [-0.2, 0) is 18.3 Å². The van der Waals surface area contributed by atoms with E-state index < -0.39 is 30.4 Å². The van der Waals surface area contributed by atoms with Crippen LogP contribution in [-0.4, -0.2) is 79.0 Å². The summed E-state index contributed by atoms with van der Waals surface area (Å²) in [5.74, 6) is -0.240. The summed E-state index contributed by atoms with van der Waals surface area (Å²) in [6, 6.07) is 15.1. The minimum Gasteiger partial charge on any atom is -0.324 e. The number of hydrogen-bond acceptors (Lipinski definition) is 10. The Morgan fingerprint density at radius 2 is 0.625 bits per heavy atom. The van der Waals surface area contributed by atoms with Gasteiger partial charge in [-0.1, -0.05) is 0 Å². The Hall–Kier alpha value is -5.16. The minimum absolute atomic E-state index is 0.00890. The van der Waals surface area contributed by atoms with Crippen LogP contribution in [0, 0.1) is 0 Å². The Morgan fingerprint density at radius 1 is 0.339 bits per heavy atom. The van der Waals surface area contributed by atoms with Gasteiger partial charge in [-0.15, -0.1) is 0 Å². The second-order valence-electron chi connectivity index (χ2n) is 12.7. The zero-order valence-electron chi connectivity index (χ0n) is 27.6. The fraction of sp³-hybridized carbons (Fsp3) is 0. The quantitative estimate of drug-likeness (QED) is 0.113. The van der Waals surface area contributed by atoms with Gasteiger partial charge in [-0.05, 0) is 72.8 Å². The summed E-state index contributed by atoms with van der Waals surface area (Å²) < 4.78 is 49.4. The monoisotopic (exact) mass is 834 g/mol. The molecule has 0 aliphatic carbocycles. The van der Waals surface area contributed by atoms with Crippen LogP contribution in [0.4, 0.5) is 0 Å². The van der Waals surface area contributed by atoms with E-state index in [1.54, 1.807) is 0 Å². The lowest BCUT2D eigenvalue weighted by Gasteiger charge is -2.06. The highest BCUT2D eigenvalue weighted by molar-refractivity contribution is 7.61. The third kappa shape index (κ3) is 6.15. The van der Waals surface area contributed by atoms with E-state index in [9.17, 15) is 57.4 Å². The summed E-state index contributed by atoms with van der Waals surface area (Å²) in [4.78, 5) is 114. The van der Waals surface area contributed by atoms with Gasteiger partial charge in [0.2, 0.25) is 0 Å². The molecule has 2 aliphatic heterocycles. The lowest BCUT2D eigenvalue weighted by Crippen LogP contribution is -2.04. The highest BCUT2D eigenvalue weighted by atomic mass is 31.2. The van der Waals surface area contributed by atoms with Crippen molar-refractivity contribution < 1.29 is 57.4 Å². The number of rotatable bonds is 4. The summed E-state index contributed by atoms with van der Waals surface area (Å²) in [7, 11) is -19.2. The first-order valence-electron chi connectivity index (χ1n) is 15.9. The highest BCUT2D eigenvalue weighted by Gasteiger charge is 2.28. The van der Waals surface area contributed by atoms with Crippen molar-refractivity contribution in [2.75, 3.05) is 0 Å². The van der Waals surface area contributed by atoms with Gasteiger partial charge in [0.15, 0.2) is 23.3 Å². The predicted octanol–water partition coefficient (Wildman–Crippen LogP) is 2.08. The largest absolute Gasteiger partial charge is 0.356 e. The van der Waals surface area contributed by atoms with E-state index >= 15 is 0 Å². The van der Waals surface area contributed by atoms with Crippen molar-refractivity contribution in [3.63, 3.8) is 0 Å². The third-order valence-corrected chi connectivity index (χ3v) is 12.9. The Morgan fingerprint density at radius 3 is 0.964 bits per heavy atom. The molecule has 0 atom stereocenters. The fourth-order valence-corrected chi connectivity index (χ4v) is 8.73. The molecule has 10 N–H and O–H groups in total. The molecule has 5 heterocycles. The number of aromatic nitrogens is 8. The molecule has 282 valence electrons. The van der Waals surface area contributed by atoms with E-state index in [-0.39, 0.29) is 100.0 Å². The predicted molar refractivity (Wildman–Crippen MR) is 203 cm³/mol. The molecule has 3 aromatic heterocycles. The zero-order valence-corrected chi connectivity index (χ0v) is 31.2. The van der Waals surface area contributed by atoms with Gasteiger partial charge in [-0.25, -0.2) is 29.9 Å². The first kappa shape index (κ1) is 36.5. The van der Waals surface area contributed by atoms with Gasteiger partial charge in [0.1, 0.15) is 22.6 Å². The summed E-state index contributed by atoms with van der Waals surface area (Å²) >= 11 is 0. The Bertz CT molecular complexity index is 3290. The maximum absolute atomic E-state index is 12.3. The molecular formula is C32H22N8O12P4. The van der Waals surface area contributed by atoms with Crippen molar-refractivity contribution in [3.8, 4) is 45.6 Å². The van der Waals surface area contributed by atoms with E-state index in [4.69, 9.17) is 4.98 Å². The van der Waals surface area contributed by atoms with Gasteiger partial charge in [0.25, 0.3) is 0 Å². The summed E-state index contributed by atoms with van der Waals surface area (Å²) in [6.07, 6.45) is 0. The molecule has 2 aliphatic rings. The summed E-state index contributed by atoms with van der Waals surface area (Å²) in [6.45, 7) is 0. The number of H-pyrrole nitrogens is 2. The average Bonchev–Trinajstić information content (AvgIpc) is 3.84. The number of nitrogens with zero attached hydrogens (tertiary/aromatic N) is 6. The number of aromatic amines is 2. The number of hydrogen-bond donors (Lipinski definition) is 10. The van der Waals surface area contributed by atoms with Crippen LogP contribution in [0.15, 0.2) is 72.8 Å². The molecule has 4 aromatic carbocycles. The van der Waals surface area contributed by atoms with Crippen LogP contribution in [0.25, 0.3) is 89.7 Å². The second-order valence-corrected chi connectivity index (χ2v) is 19.1. The van der Waals surface area contributed by atoms with Gasteiger partial charge in [-0.3, -0.25) is 18.3 Å². The Balaban J connectivity index is 1.49. The van der Waals surface area contributed by atoms with Gasteiger partial charge >= 0.3 is 30.4 Å². The molecule has 0 saturated carbocycles. The molecule has 56 heavy (non-hydrogen) atoms. The van der Waals surface area contributed by atoms with Crippen molar-refractivity contribution in [2.45, 2.75) is 0 Å². The van der Waals surface area contributed by atoms with Crippen LogP contribution in [0.2, 0.25) is 0 Å². The standard InChI is InChI=1S/C32H22N8O12P4/c41-53(42,43)13-1-5-17-21(9-13)29-34-25(17)33-26-18-6-2-14(54(44,45)46)10-22(18)30(35-26)37-28-20-8-4-16(56(50,51)52)12-24(20)32(39-28)40-31-23-11-15(55(47,48)49)3-7-19(23)27(36-29)38-31/h1-12H,(H2,41,42,43)(H2,44,45,46)(H2,47,48,49)(H2,50,51,52)(H2,33,34,35,36,37,38,39,40). The van der Waals surface area contributed by atoms with Crippen molar-refractivity contribution in [1.82, 2.24) is 39.9 Å². The van der Waals surface area contributed by atoms with E-state index in [2.05, 4.69) is 34.9 Å². The van der Waals surface area contributed by atoms with Gasteiger partial charge in [-0.2, -0.15) is 0 Å². The number of benzene rings is 4. The summed E-state index contributed by atoms with van der Waals surface area (Å²) in [5.41, 5.74) is 0.930. The fourth-order valence-electron chi connectivity index (χ4n) is 6.47. The number of nitrogens with one attached hydrogen (secondary N) is 2. The molecular weight excluding hydrogens is 812 g/mol. The molecule has 0 amide bonds. The molecule has 0 fully saturated rings.